The maximum atomic E-state index is 12.2. The summed E-state index contributed by atoms with van der Waals surface area (Å²) in [7, 11) is -3.82. The van der Waals surface area contributed by atoms with E-state index in [1.807, 2.05) is 0 Å². The molecule has 7 nitrogen and oxygen atoms in total. The zero-order chi connectivity index (χ0) is 14.6. The number of nitriles is 1. The summed E-state index contributed by atoms with van der Waals surface area (Å²) in [6, 6.07) is 6.00. The quantitative estimate of drug-likeness (QED) is 0.463. The average molecular weight is 283 g/mol. The van der Waals surface area contributed by atoms with Gasteiger partial charge in [0.25, 0.3) is 5.69 Å². The van der Waals surface area contributed by atoms with E-state index in [1.54, 1.807) is 19.9 Å². The maximum absolute atomic E-state index is 12.2. The van der Waals surface area contributed by atoms with Crippen molar-refractivity contribution in [3.05, 3.63) is 34.4 Å². The number of nitro benzene ring substituents is 1. The standard InChI is InChI=1S/C11H13N3O4S/c1-9(2)13(8-7-12)19(17,18)11-5-3-10(4-6-11)14(15)16/h3-6,9H,8H2,1-2H3. The Morgan fingerprint density at radius 3 is 2.26 bits per heavy atom. The predicted octanol–water partition coefficient (Wildman–Crippen LogP) is 1.52. The van der Waals surface area contributed by atoms with E-state index in [0.29, 0.717) is 0 Å². The molecule has 0 saturated heterocycles. The number of hydrogen-bond donors (Lipinski definition) is 0. The highest BCUT2D eigenvalue weighted by atomic mass is 32.2. The van der Waals surface area contributed by atoms with Crippen LogP contribution < -0.4 is 0 Å². The Morgan fingerprint density at radius 2 is 1.89 bits per heavy atom. The molecule has 8 heteroatoms. The first kappa shape index (κ1) is 15.1. The molecule has 0 atom stereocenters. The molecule has 0 heterocycles. The van der Waals surface area contributed by atoms with Gasteiger partial charge in [0.2, 0.25) is 10.0 Å². The van der Waals surface area contributed by atoms with Crippen LogP contribution in [-0.4, -0.2) is 30.2 Å². The molecule has 0 unspecified atom stereocenters. The van der Waals surface area contributed by atoms with Crippen LogP contribution in [0, 0.1) is 21.4 Å². The second kappa shape index (κ2) is 5.77. The van der Waals surface area contributed by atoms with Crippen LogP contribution in [0.5, 0.6) is 0 Å². The van der Waals surface area contributed by atoms with Gasteiger partial charge in [-0.3, -0.25) is 10.1 Å². The van der Waals surface area contributed by atoms with E-state index in [0.717, 1.165) is 16.4 Å². The van der Waals surface area contributed by atoms with E-state index in [-0.39, 0.29) is 23.2 Å². The molecular formula is C11H13N3O4S. The summed E-state index contributed by atoms with van der Waals surface area (Å²) in [4.78, 5) is 9.84. The third-order valence-corrected chi connectivity index (χ3v) is 4.49. The van der Waals surface area contributed by atoms with E-state index < -0.39 is 14.9 Å². The largest absolute Gasteiger partial charge is 0.269 e. The lowest BCUT2D eigenvalue weighted by atomic mass is 10.3. The molecule has 0 spiro atoms. The van der Waals surface area contributed by atoms with Crippen molar-refractivity contribution >= 4 is 15.7 Å². The summed E-state index contributed by atoms with van der Waals surface area (Å²) >= 11 is 0. The summed E-state index contributed by atoms with van der Waals surface area (Å²) in [6.45, 7) is 3.04. The van der Waals surface area contributed by atoms with Gasteiger partial charge in [0.05, 0.1) is 15.9 Å². The van der Waals surface area contributed by atoms with Crippen LogP contribution in [0.4, 0.5) is 5.69 Å². The van der Waals surface area contributed by atoms with Gasteiger partial charge in [0.15, 0.2) is 0 Å². The van der Waals surface area contributed by atoms with Crippen molar-refractivity contribution in [2.24, 2.45) is 0 Å². The lowest BCUT2D eigenvalue weighted by Crippen LogP contribution is -2.37. The van der Waals surface area contributed by atoms with Gasteiger partial charge in [-0.15, -0.1) is 0 Å². The van der Waals surface area contributed by atoms with E-state index in [4.69, 9.17) is 5.26 Å². The maximum Gasteiger partial charge on any atom is 0.269 e. The van der Waals surface area contributed by atoms with Gasteiger partial charge in [-0.05, 0) is 26.0 Å². The Balaban J connectivity index is 3.19. The van der Waals surface area contributed by atoms with Crippen LogP contribution in [0.15, 0.2) is 29.2 Å². The molecule has 0 bridgehead atoms. The molecule has 19 heavy (non-hydrogen) atoms. The van der Waals surface area contributed by atoms with Crippen molar-refractivity contribution in [2.75, 3.05) is 6.54 Å². The highest BCUT2D eigenvalue weighted by Gasteiger charge is 2.27. The molecule has 1 rings (SSSR count). The summed E-state index contributed by atoms with van der Waals surface area (Å²) in [5.74, 6) is 0. The fourth-order valence-corrected chi connectivity index (χ4v) is 3.02. The Bertz CT molecular complexity index is 602. The van der Waals surface area contributed by atoms with Gasteiger partial charge in [0, 0.05) is 18.2 Å². The third-order valence-electron chi connectivity index (χ3n) is 2.46. The zero-order valence-corrected chi connectivity index (χ0v) is 11.3. The molecule has 0 amide bonds. The number of nitro groups is 1. The summed E-state index contributed by atoms with van der Waals surface area (Å²) in [5.41, 5.74) is -0.185. The van der Waals surface area contributed by atoms with Crippen LogP contribution >= 0.6 is 0 Å². The molecule has 0 N–H and O–H groups in total. The summed E-state index contributed by atoms with van der Waals surface area (Å²) in [6.07, 6.45) is 0. The highest BCUT2D eigenvalue weighted by molar-refractivity contribution is 7.89. The molecule has 0 fully saturated rings. The van der Waals surface area contributed by atoms with Crippen LogP contribution in [0.1, 0.15) is 13.8 Å². The third kappa shape index (κ3) is 3.27. The van der Waals surface area contributed by atoms with Crippen LogP contribution in [0.3, 0.4) is 0 Å². The normalized spacial score (nSPS) is 11.5. The monoisotopic (exact) mass is 283 g/mol. The first-order valence-electron chi connectivity index (χ1n) is 5.44. The lowest BCUT2D eigenvalue weighted by Gasteiger charge is -2.22. The van der Waals surface area contributed by atoms with Crippen LogP contribution in [0.25, 0.3) is 0 Å². The molecule has 1 aromatic carbocycles. The number of non-ortho nitro benzene ring substituents is 1. The van der Waals surface area contributed by atoms with Gasteiger partial charge < -0.3 is 0 Å². The van der Waals surface area contributed by atoms with Crippen LogP contribution in [-0.2, 0) is 10.0 Å². The number of sulfonamides is 1. The first-order chi connectivity index (χ1) is 8.80. The van der Waals surface area contributed by atoms with E-state index in [9.17, 15) is 18.5 Å². The minimum atomic E-state index is -3.82. The fourth-order valence-electron chi connectivity index (χ4n) is 1.49. The molecule has 0 aliphatic heterocycles. The first-order valence-corrected chi connectivity index (χ1v) is 6.88. The Hall–Kier alpha value is -1.98. The van der Waals surface area contributed by atoms with Crippen molar-refractivity contribution < 1.29 is 13.3 Å². The smallest absolute Gasteiger partial charge is 0.258 e. The van der Waals surface area contributed by atoms with Crippen LogP contribution in [0.2, 0.25) is 0 Å². The average Bonchev–Trinajstić information content (AvgIpc) is 2.35. The van der Waals surface area contributed by atoms with E-state index >= 15 is 0 Å². The fraction of sp³-hybridized carbons (Fsp3) is 0.364. The molecule has 0 radical (unpaired) electrons. The van der Waals surface area contributed by atoms with Gasteiger partial charge in [-0.25, -0.2) is 8.42 Å². The molecule has 0 aliphatic carbocycles. The minimum Gasteiger partial charge on any atom is -0.258 e. The second-order valence-electron chi connectivity index (χ2n) is 4.05. The molecule has 0 saturated carbocycles. The molecule has 102 valence electrons. The van der Waals surface area contributed by atoms with Crippen molar-refractivity contribution in [3.63, 3.8) is 0 Å². The topological polar surface area (TPSA) is 104 Å². The number of nitrogens with zero attached hydrogens (tertiary/aromatic N) is 3. The van der Waals surface area contributed by atoms with Crippen molar-refractivity contribution in [1.82, 2.24) is 4.31 Å². The number of hydrogen-bond acceptors (Lipinski definition) is 5. The Kier molecular flexibility index (Phi) is 4.58. The predicted molar refractivity (Wildman–Crippen MR) is 67.7 cm³/mol. The number of benzene rings is 1. The highest BCUT2D eigenvalue weighted by Crippen LogP contribution is 2.20. The Morgan fingerprint density at radius 1 is 1.37 bits per heavy atom. The van der Waals surface area contributed by atoms with Gasteiger partial charge in [0.1, 0.15) is 6.54 Å². The SMILES string of the molecule is CC(C)N(CC#N)S(=O)(=O)c1ccc([N+](=O)[O-])cc1. The van der Waals surface area contributed by atoms with E-state index in [1.165, 1.54) is 12.1 Å². The number of rotatable bonds is 5. The lowest BCUT2D eigenvalue weighted by molar-refractivity contribution is -0.384. The van der Waals surface area contributed by atoms with Crippen molar-refractivity contribution in [1.29, 1.82) is 5.26 Å². The molecule has 0 aromatic heterocycles. The zero-order valence-electron chi connectivity index (χ0n) is 10.5. The van der Waals surface area contributed by atoms with Gasteiger partial charge >= 0.3 is 0 Å². The summed E-state index contributed by atoms with van der Waals surface area (Å²) < 4.78 is 25.5. The second-order valence-corrected chi connectivity index (χ2v) is 5.94. The Labute approximate surface area is 111 Å². The van der Waals surface area contributed by atoms with Crippen molar-refractivity contribution in [3.8, 4) is 6.07 Å². The molecule has 0 aliphatic rings. The minimum absolute atomic E-state index is 0.0675. The van der Waals surface area contributed by atoms with Gasteiger partial charge in [-0.2, -0.15) is 9.57 Å². The summed E-state index contributed by atoms with van der Waals surface area (Å²) in [5, 5.41) is 19.2. The van der Waals surface area contributed by atoms with Crippen molar-refractivity contribution in [2.45, 2.75) is 24.8 Å². The molecule has 1 aromatic rings. The van der Waals surface area contributed by atoms with Gasteiger partial charge in [-0.1, -0.05) is 0 Å². The molecular weight excluding hydrogens is 270 g/mol. The van der Waals surface area contributed by atoms with E-state index in [2.05, 4.69) is 0 Å².